The lowest BCUT2D eigenvalue weighted by atomic mass is 10.1. The minimum absolute atomic E-state index is 0.143. The smallest absolute Gasteiger partial charge is 0.331 e. The third-order valence-corrected chi connectivity index (χ3v) is 7.48. The Morgan fingerprint density at radius 1 is 0.975 bits per heavy atom. The Bertz CT molecular complexity index is 1570. The summed E-state index contributed by atoms with van der Waals surface area (Å²) in [5, 5.41) is 0. The molecule has 5 rings (SSSR count). The number of carbonyl (C=O) groups is 1. The Balaban J connectivity index is 1.47. The molecule has 10 nitrogen and oxygen atoms in total. The summed E-state index contributed by atoms with van der Waals surface area (Å²) in [5.41, 5.74) is 2.40. The molecule has 1 fully saturated rings. The number of pyridine rings is 2. The second-order valence-electron chi connectivity index (χ2n) is 10.3. The van der Waals surface area contributed by atoms with Crippen molar-refractivity contribution in [1.29, 1.82) is 0 Å². The molecule has 1 amide bonds. The fraction of sp³-hybridized carbons (Fsp3) is 0.433. The summed E-state index contributed by atoms with van der Waals surface area (Å²) in [6.45, 7) is 8.24. The third-order valence-electron chi connectivity index (χ3n) is 7.48. The van der Waals surface area contributed by atoms with E-state index in [9.17, 15) is 14.4 Å². The molecule has 1 aliphatic heterocycles. The van der Waals surface area contributed by atoms with E-state index in [-0.39, 0.29) is 17.2 Å². The van der Waals surface area contributed by atoms with Crippen LogP contribution in [0.5, 0.6) is 0 Å². The van der Waals surface area contributed by atoms with Crippen molar-refractivity contribution in [1.82, 2.24) is 29.0 Å². The normalized spacial score (nSPS) is 14.1. The first kappa shape index (κ1) is 27.5. The quantitative estimate of drug-likeness (QED) is 0.325. The zero-order chi connectivity index (χ0) is 28.1. The van der Waals surface area contributed by atoms with Crippen molar-refractivity contribution in [2.24, 2.45) is 0 Å². The van der Waals surface area contributed by atoms with Crippen molar-refractivity contribution in [3.8, 4) is 11.3 Å². The predicted octanol–water partition coefficient (Wildman–Crippen LogP) is 3.90. The minimum atomic E-state index is -0.309. The van der Waals surface area contributed by atoms with E-state index in [4.69, 9.17) is 0 Å². The first-order valence-corrected chi connectivity index (χ1v) is 14.3. The number of anilines is 1. The first-order chi connectivity index (χ1) is 19.5. The van der Waals surface area contributed by atoms with Gasteiger partial charge in [0.1, 0.15) is 11.3 Å². The molecule has 0 aliphatic carbocycles. The molecule has 0 spiro atoms. The van der Waals surface area contributed by atoms with Crippen LogP contribution in [0.15, 0.2) is 58.5 Å². The topological polar surface area (TPSA) is 109 Å². The molecular formula is C30H37N7O3. The van der Waals surface area contributed by atoms with Crippen LogP contribution in [0.3, 0.4) is 0 Å². The summed E-state index contributed by atoms with van der Waals surface area (Å²) in [6.07, 6.45) is 10.0. The van der Waals surface area contributed by atoms with Gasteiger partial charge in [-0.05, 0) is 69.1 Å². The van der Waals surface area contributed by atoms with Gasteiger partial charge in [-0.2, -0.15) is 0 Å². The highest BCUT2D eigenvalue weighted by Crippen LogP contribution is 2.24. The van der Waals surface area contributed by atoms with Crippen LogP contribution in [0.25, 0.3) is 22.3 Å². The highest BCUT2D eigenvalue weighted by molar-refractivity contribution is 6.05. The van der Waals surface area contributed by atoms with Crippen LogP contribution in [0.1, 0.15) is 56.3 Å². The highest BCUT2D eigenvalue weighted by atomic mass is 16.2. The standard InChI is InChI=1S/C30H37N7O3/c1-3-13-35-25-19-24(33-27(25)29(39)37(14-4-2)30(35)40)22-10-11-26(32-21-22)36(18-17-34-15-6-5-7-16-34)28(38)23-9-8-12-31-20-23/h8-12,19-21,33H,3-7,13-18H2,1-2H3. The Morgan fingerprint density at radius 2 is 1.75 bits per heavy atom. The van der Waals surface area contributed by atoms with Gasteiger partial charge in [0.25, 0.3) is 11.5 Å². The average molecular weight is 544 g/mol. The summed E-state index contributed by atoms with van der Waals surface area (Å²) in [6, 6.07) is 9.10. The third kappa shape index (κ3) is 5.62. The lowest BCUT2D eigenvalue weighted by Gasteiger charge is -2.29. The van der Waals surface area contributed by atoms with E-state index in [2.05, 4.69) is 19.9 Å². The molecule has 0 unspecified atom stereocenters. The molecule has 0 aromatic carbocycles. The van der Waals surface area contributed by atoms with Gasteiger partial charge in [0.15, 0.2) is 0 Å². The monoisotopic (exact) mass is 543 g/mol. The van der Waals surface area contributed by atoms with E-state index in [1.54, 1.807) is 40.2 Å². The fourth-order valence-electron chi connectivity index (χ4n) is 5.40. The number of likely N-dealkylation sites (tertiary alicyclic amines) is 1. The maximum atomic E-state index is 13.5. The highest BCUT2D eigenvalue weighted by Gasteiger charge is 2.22. The second-order valence-corrected chi connectivity index (χ2v) is 10.3. The maximum Gasteiger partial charge on any atom is 0.331 e. The van der Waals surface area contributed by atoms with E-state index in [0.29, 0.717) is 54.2 Å². The van der Waals surface area contributed by atoms with Gasteiger partial charge >= 0.3 is 5.69 Å². The van der Waals surface area contributed by atoms with Crippen LogP contribution in [-0.2, 0) is 13.1 Å². The van der Waals surface area contributed by atoms with Crippen LogP contribution in [-0.4, -0.2) is 61.1 Å². The average Bonchev–Trinajstić information content (AvgIpc) is 3.44. The molecule has 0 radical (unpaired) electrons. The number of amides is 1. The van der Waals surface area contributed by atoms with Gasteiger partial charge in [-0.15, -0.1) is 0 Å². The number of carbonyl (C=O) groups excluding carboxylic acids is 1. The fourth-order valence-corrected chi connectivity index (χ4v) is 5.40. The molecule has 4 aromatic heterocycles. The SMILES string of the molecule is CCCn1c(=O)c2[nH]c(-c3ccc(N(CCN4CCCCC4)C(=O)c4cccnc4)nc3)cc2n(CCC)c1=O. The Morgan fingerprint density at radius 3 is 2.42 bits per heavy atom. The van der Waals surface area contributed by atoms with Crippen LogP contribution in [0, 0.1) is 0 Å². The van der Waals surface area contributed by atoms with Crippen LogP contribution >= 0.6 is 0 Å². The second kappa shape index (κ2) is 12.4. The number of hydrogen-bond donors (Lipinski definition) is 1. The number of aromatic nitrogens is 5. The van der Waals surface area contributed by atoms with Gasteiger partial charge in [0.2, 0.25) is 0 Å². The molecule has 0 bridgehead atoms. The van der Waals surface area contributed by atoms with Crippen LogP contribution in [0.2, 0.25) is 0 Å². The number of hydrogen-bond acceptors (Lipinski definition) is 6. The number of H-pyrrole nitrogens is 1. The number of nitrogens with one attached hydrogen (secondary N) is 1. The molecular weight excluding hydrogens is 506 g/mol. The van der Waals surface area contributed by atoms with Gasteiger partial charge < -0.3 is 9.88 Å². The van der Waals surface area contributed by atoms with Gasteiger partial charge in [-0.3, -0.25) is 28.6 Å². The van der Waals surface area contributed by atoms with Crippen molar-refractivity contribution in [3.63, 3.8) is 0 Å². The number of nitrogens with zero attached hydrogens (tertiary/aromatic N) is 6. The number of piperidine rings is 1. The summed E-state index contributed by atoms with van der Waals surface area (Å²) in [7, 11) is 0. The molecule has 40 heavy (non-hydrogen) atoms. The van der Waals surface area contributed by atoms with Crippen molar-refractivity contribution in [3.05, 3.63) is 75.3 Å². The molecule has 1 aliphatic rings. The van der Waals surface area contributed by atoms with E-state index in [1.807, 2.05) is 32.0 Å². The van der Waals surface area contributed by atoms with Gasteiger partial charge in [0, 0.05) is 56.0 Å². The number of aryl methyl sites for hydroxylation is 1. The van der Waals surface area contributed by atoms with Crippen molar-refractivity contribution in [2.75, 3.05) is 31.1 Å². The van der Waals surface area contributed by atoms with E-state index in [0.717, 1.165) is 31.6 Å². The van der Waals surface area contributed by atoms with E-state index >= 15 is 0 Å². The number of aromatic amines is 1. The van der Waals surface area contributed by atoms with E-state index < -0.39 is 0 Å². The molecule has 5 heterocycles. The Kier molecular flexibility index (Phi) is 8.54. The number of fused-ring (bicyclic) bond motifs is 1. The van der Waals surface area contributed by atoms with Gasteiger partial charge in [-0.25, -0.2) is 9.78 Å². The molecule has 1 N–H and O–H groups in total. The van der Waals surface area contributed by atoms with Crippen LogP contribution in [0.4, 0.5) is 5.82 Å². The lowest BCUT2D eigenvalue weighted by molar-refractivity contribution is 0.0981. The molecule has 210 valence electrons. The van der Waals surface area contributed by atoms with Crippen molar-refractivity contribution < 1.29 is 4.79 Å². The summed E-state index contributed by atoms with van der Waals surface area (Å²) in [5.74, 6) is 0.412. The number of rotatable bonds is 10. The first-order valence-electron chi connectivity index (χ1n) is 14.3. The predicted molar refractivity (Wildman–Crippen MR) is 157 cm³/mol. The summed E-state index contributed by atoms with van der Waals surface area (Å²) < 4.78 is 2.98. The molecule has 10 heteroatoms. The van der Waals surface area contributed by atoms with Gasteiger partial charge in [0.05, 0.1) is 11.1 Å². The van der Waals surface area contributed by atoms with Crippen molar-refractivity contribution >= 4 is 22.8 Å². The minimum Gasteiger partial charge on any atom is -0.349 e. The lowest BCUT2D eigenvalue weighted by Crippen LogP contribution is -2.41. The molecule has 0 saturated carbocycles. The van der Waals surface area contributed by atoms with E-state index in [1.165, 1.54) is 23.8 Å². The zero-order valence-electron chi connectivity index (χ0n) is 23.3. The van der Waals surface area contributed by atoms with Gasteiger partial charge in [-0.1, -0.05) is 20.3 Å². The van der Waals surface area contributed by atoms with Crippen molar-refractivity contribution in [2.45, 2.75) is 59.0 Å². The molecule has 1 saturated heterocycles. The summed E-state index contributed by atoms with van der Waals surface area (Å²) in [4.78, 5) is 55.8. The zero-order valence-corrected chi connectivity index (χ0v) is 23.3. The molecule has 4 aromatic rings. The Labute approximate surface area is 233 Å². The summed E-state index contributed by atoms with van der Waals surface area (Å²) >= 11 is 0. The Hall–Kier alpha value is -4.05. The molecule has 0 atom stereocenters. The van der Waals surface area contributed by atoms with Crippen LogP contribution < -0.4 is 16.1 Å². The largest absolute Gasteiger partial charge is 0.349 e. The maximum absolute atomic E-state index is 13.5.